The Morgan fingerprint density at radius 2 is 1.13 bits per heavy atom. The van der Waals surface area contributed by atoms with Gasteiger partial charge in [-0.1, -0.05) is 36.4 Å². The van der Waals surface area contributed by atoms with Gasteiger partial charge in [0.2, 0.25) is 0 Å². The fourth-order valence-corrected chi connectivity index (χ4v) is 7.50. The zero-order chi connectivity index (χ0) is 29.9. The van der Waals surface area contributed by atoms with E-state index < -0.39 is 0 Å². The molecule has 0 aliphatic carbocycles. The number of aromatic nitrogens is 4. The fourth-order valence-electron chi connectivity index (χ4n) is 7.50. The average Bonchev–Trinajstić information content (AvgIpc) is 3.85. The third-order valence-electron chi connectivity index (χ3n) is 9.46. The van der Waals surface area contributed by atoms with E-state index in [0.29, 0.717) is 0 Å². The van der Waals surface area contributed by atoms with Crippen molar-refractivity contribution in [2.75, 3.05) is 0 Å². The summed E-state index contributed by atoms with van der Waals surface area (Å²) in [4.78, 5) is 9.24. The van der Waals surface area contributed by atoms with E-state index in [1.807, 2.05) is 24.7 Å². The number of para-hydroxylation sites is 2. The first-order valence-electron chi connectivity index (χ1n) is 15.3. The summed E-state index contributed by atoms with van der Waals surface area (Å²) < 4.78 is 17.6. The molecule has 0 spiro atoms. The van der Waals surface area contributed by atoms with Crippen molar-refractivity contribution in [2.24, 2.45) is 0 Å². The lowest BCUT2D eigenvalue weighted by molar-refractivity contribution is 0.662. The van der Waals surface area contributed by atoms with Crippen molar-refractivity contribution in [2.45, 2.75) is 0 Å². The molecule has 46 heavy (non-hydrogen) atoms. The molecule has 0 saturated carbocycles. The van der Waals surface area contributed by atoms with Gasteiger partial charge in [0.1, 0.15) is 28.0 Å². The van der Waals surface area contributed by atoms with Crippen molar-refractivity contribution < 1.29 is 8.83 Å². The molecular formula is C40H22N4O2. The van der Waals surface area contributed by atoms with Gasteiger partial charge in [-0.3, -0.25) is 9.55 Å². The van der Waals surface area contributed by atoms with Crippen molar-refractivity contribution in [3.8, 4) is 11.4 Å². The highest BCUT2D eigenvalue weighted by atomic mass is 16.3. The number of hydrogen-bond acceptors (Lipinski definition) is 4. The topological polar surface area (TPSA) is 61.9 Å². The standard InChI is InChI=1S/C40H22N4O2/c1-3-9-32-25(6-1)27-17-19-41-22-34(27)43(32)23-11-15-36-31(21-23)38-37(45-36)16-13-28-30-20-24(12-14-35(30)46-39(28)38)44-33-10-4-2-7-26(33)29-8-5-18-42-40(29)44/h1-22H. The first kappa shape index (κ1) is 24.0. The maximum Gasteiger partial charge on any atom is 0.147 e. The van der Waals surface area contributed by atoms with Crippen LogP contribution in [0.3, 0.4) is 0 Å². The van der Waals surface area contributed by atoms with Gasteiger partial charge in [-0.2, -0.15) is 0 Å². The van der Waals surface area contributed by atoms with Gasteiger partial charge >= 0.3 is 0 Å². The van der Waals surface area contributed by atoms with Gasteiger partial charge in [0, 0.05) is 61.5 Å². The Balaban J connectivity index is 1.17. The number of hydrogen-bond donors (Lipinski definition) is 0. The molecule has 0 saturated heterocycles. The quantitative estimate of drug-likeness (QED) is 0.201. The zero-order valence-electron chi connectivity index (χ0n) is 24.3. The molecule has 0 aliphatic rings. The first-order chi connectivity index (χ1) is 22.8. The Kier molecular flexibility index (Phi) is 4.49. The molecular weight excluding hydrogens is 568 g/mol. The number of nitrogens with zero attached hydrogens (tertiary/aromatic N) is 4. The summed E-state index contributed by atoms with van der Waals surface area (Å²) in [5.74, 6) is 0. The molecule has 6 nitrogen and oxygen atoms in total. The molecule has 11 rings (SSSR count). The van der Waals surface area contributed by atoms with Gasteiger partial charge in [-0.15, -0.1) is 0 Å². The van der Waals surface area contributed by atoms with Gasteiger partial charge in [0.15, 0.2) is 0 Å². The van der Waals surface area contributed by atoms with E-state index in [1.54, 1.807) is 0 Å². The second kappa shape index (κ2) is 8.61. The molecule has 0 amide bonds. The maximum atomic E-state index is 6.65. The molecule has 0 atom stereocenters. The van der Waals surface area contributed by atoms with Gasteiger partial charge in [0.25, 0.3) is 0 Å². The molecule has 6 heteroatoms. The first-order valence-corrected chi connectivity index (χ1v) is 15.3. The molecule has 214 valence electrons. The van der Waals surface area contributed by atoms with Gasteiger partial charge in [-0.25, -0.2) is 4.98 Å². The van der Waals surface area contributed by atoms with Crippen LogP contribution in [-0.2, 0) is 0 Å². The third kappa shape index (κ3) is 3.05. The Labute approximate surface area is 260 Å². The maximum absolute atomic E-state index is 6.65. The zero-order valence-corrected chi connectivity index (χ0v) is 24.3. The van der Waals surface area contributed by atoms with Crippen molar-refractivity contribution >= 4 is 87.6 Å². The summed E-state index contributed by atoms with van der Waals surface area (Å²) in [6, 6.07) is 40.1. The highest BCUT2D eigenvalue weighted by Gasteiger charge is 2.20. The minimum Gasteiger partial charge on any atom is -0.456 e. The molecule has 0 radical (unpaired) electrons. The molecule has 6 aromatic heterocycles. The molecule has 0 aliphatic heterocycles. The average molecular weight is 591 g/mol. The largest absolute Gasteiger partial charge is 0.456 e. The van der Waals surface area contributed by atoms with E-state index in [1.165, 1.54) is 16.2 Å². The van der Waals surface area contributed by atoms with Crippen LogP contribution in [0.2, 0.25) is 0 Å². The molecule has 0 fully saturated rings. The van der Waals surface area contributed by atoms with Crippen molar-refractivity contribution in [3.05, 3.63) is 134 Å². The van der Waals surface area contributed by atoms with Gasteiger partial charge in [0.05, 0.1) is 28.1 Å². The third-order valence-corrected chi connectivity index (χ3v) is 9.46. The van der Waals surface area contributed by atoms with Crippen LogP contribution in [0.15, 0.2) is 143 Å². The number of pyridine rings is 2. The molecule has 5 aromatic carbocycles. The van der Waals surface area contributed by atoms with Gasteiger partial charge < -0.3 is 13.4 Å². The minimum atomic E-state index is 0.800. The molecule has 0 N–H and O–H groups in total. The van der Waals surface area contributed by atoms with Crippen molar-refractivity contribution in [3.63, 3.8) is 0 Å². The summed E-state index contributed by atoms with van der Waals surface area (Å²) >= 11 is 0. The Hall–Kier alpha value is -6.40. The SMILES string of the molecule is c1ccc2c(c1)c1ccncc1n2-c1ccc2oc3ccc4c5cc(-n6c7ccccc7c7cccnc76)ccc5oc4c3c2c1. The van der Waals surface area contributed by atoms with Crippen LogP contribution in [0.5, 0.6) is 0 Å². The lowest BCUT2D eigenvalue weighted by Gasteiger charge is -2.07. The lowest BCUT2D eigenvalue weighted by Crippen LogP contribution is -1.94. The van der Waals surface area contributed by atoms with Crippen LogP contribution in [0, 0.1) is 0 Å². The van der Waals surface area contributed by atoms with Crippen LogP contribution in [0.4, 0.5) is 0 Å². The van der Waals surface area contributed by atoms with E-state index in [4.69, 9.17) is 13.8 Å². The summed E-state index contributed by atoms with van der Waals surface area (Å²) in [5.41, 5.74) is 9.63. The number of fused-ring (bicyclic) bond motifs is 13. The number of benzene rings is 5. The second-order valence-corrected chi connectivity index (χ2v) is 11.9. The highest BCUT2D eigenvalue weighted by Crippen LogP contribution is 2.42. The van der Waals surface area contributed by atoms with E-state index in [-0.39, 0.29) is 0 Å². The Bertz CT molecular complexity index is 2940. The van der Waals surface area contributed by atoms with E-state index >= 15 is 0 Å². The summed E-state index contributed by atoms with van der Waals surface area (Å²) in [6.07, 6.45) is 5.65. The van der Waals surface area contributed by atoms with E-state index in [9.17, 15) is 0 Å². The van der Waals surface area contributed by atoms with Gasteiger partial charge in [-0.05, 0) is 78.9 Å². The lowest BCUT2D eigenvalue weighted by atomic mass is 10.1. The summed E-state index contributed by atoms with van der Waals surface area (Å²) in [6.45, 7) is 0. The fraction of sp³-hybridized carbons (Fsp3) is 0. The van der Waals surface area contributed by atoms with E-state index in [2.05, 4.69) is 123 Å². The van der Waals surface area contributed by atoms with Crippen molar-refractivity contribution in [1.82, 2.24) is 19.1 Å². The number of furan rings is 2. The minimum absolute atomic E-state index is 0.800. The predicted octanol–water partition coefficient (Wildman–Crippen LogP) is 10.5. The number of rotatable bonds is 2. The Morgan fingerprint density at radius 3 is 2.00 bits per heavy atom. The summed E-state index contributed by atoms with van der Waals surface area (Å²) in [7, 11) is 0. The predicted molar refractivity (Wildman–Crippen MR) is 185 cm³/mol. The summed E-state index contributed by atoms with van der Waals surface area (Å²) in [5, 5.41) is 8.79. The van der Waals surface area contributed by atoms with Crippen LogP contribution >= 0.6 is 0 Å². The van der Waals surface area contributed by atoms with Crippen LogP contribution in [0.1, 0.15) is 0 Å². The molecule has 11 aromatic rings. The monoisotopic (exact) mass is 590 g/mol. The van der Waals surface area contributed by atoms with Crippen molar-refractivity contribution in [1.29, 1.82) is 0 Å². The second-order valence-electron chi connectivity index (χ2n) is 11.9. The highest BCUT2D eigenvalue weighted by molar-refractivity contribution is 6.22. The van der Waals surface area contributed by atoms with Crippen LogP contribution in [-0.4, -0.2) is 19.1 Å². The van der Waals surface area contributed by atoms with Crippen LogP contribution < -0.4 is 0 Å². The smallest absolute Gasteiger partial charge is 0.147 e. The molecule has 0 unspecified atom stereocenters. The Morgan fingerprint density at radius 1 is 0.457 bits per heavy atom. The van der Waals surface area contributed by atoms with Crippen LogP contribution in [0.25, 0.3) is 99.0 Å². The normalized spacial score (nSPS) is 12.3. The molecule has 6 heterocycles. The molecule has 0 bridgehead atoms. The van der Waals surface area contributed by atoms with E-state index in [0.717, 1.165) is 82.8 Å².